The number of amides is 1. The van der Waals surface area contributed by atoms with Gasteiger partial charge in [-0.2, -0.15) is 0 Å². The normalized spacial score (nSPS) is 19.9. The number of hydrogen-bond donors (Lipinski definition) is 0. The van der Waals surface area contributed by atoms with Gasteiger partial charge in [-0.3, -0.25) is 4.79 Å². The summed E-state index contributed by atoms with van der Waals surface area (Å²) in [5.41, 5.74) is 4.42. The van der Waals surface area contributed by atoms with Crippen LogP contribution in [-0.4, -0.2) is 5.91 Å². The van der Waals surface area contributed by atoms with Gasteiger partial charge in [0.15, 0.2) is 0 Å². The van der Waals surface area contributed by atoms with Gasteiger partial charge in [-0.25, -0.2) is 0 Å². The Balaban J connectivity index is 1.77. The van der Waals surface area contributed by atoms with Crippen molar-refractivity contribution >= 4 is 11.6 Å². The van der Waals surface area contributed by atoms with Crippen molar-refractivity contribution in [2.45, 2.75) is 18.9 Å². The summed E-state index contributed by atoms with van der Waals surface area (Å²) in [7, 11) is 0. The molecular weight excluding hydrogens is 294 g/mol. The molecule has 24 heavy (non-hydrogen) atoms. The molecule has 3 aromatic carbocycles. The van der Waals surface area contributed by atoms with Gasteiger partial charge in [-0.1, -0.05) is 78.4 Å². The minimum Gasteiger partial charge on any atom is -0.303 e. The molecule has 1 amide bonds. The molecule has 0 radical (unpaired) electrons. The third kappa shape index (κ3) is 2.41. The van der Waals surface area contributed by atoms with Crippen LogP contribution < -0.4 is 4.90 Å². The van der Waals surface area contributed by atoms with Crippen LogP contribution in [0.2, 0.25) is 0 Å². The molecular formula is C22H19NO. The third-order valence-electron chi connectivity index (χ3n) is 4.71. The van der Waals surface area contributed by atoms with Crippen molar-refractivity contribution in [2.24, 2.45) is 0 Å². The Morgan fingerprint density at radius 1 is 0.708 bits per heavy atom. The number of anilines is 1. The van der Waals surface area contributed by atoms with Gasteiger partial charge in [0.05, 0.1) is 12.0 Å². The van der Waals surface area contributed by atoms with Crippen molar-refractivity contribution in [1.29, 1.82) is 0 Å². The maximum Gasteiger partial charge on any atom is 0.237 e. The zero-order chi connectivity index (χ0) is 16.5. The minimum atomic E-state index is -0.116. The van der Waals surface area contributed by atoms with E-state index in [1.165, 1.54) is 11.1 Å². The number of carbonyl (C=O) groups is 1. The summed E-state index contributed by atoms with van der Waals surface area (Å²) < 4.78 is 0. The first-order valence-electron chi connectivity index (χ1n) is 8.25. The van der Waals surface area contributed by atoms with Crippen LogP contribution >= 0.6 is 0 Å². The Labute approximate surface area is 142 Å². The van der Waals surface area contributed by atoms with E-state index >= 15 is 0 Å². The summed E-state index contributed by atoms with van der Waals surface area (Å²) >= 11 is 0. The van der Waals surface area contributed by atoms with Gasteiger partial charge in [0.25, 0.3) is 0 Å². The van der Waals surface area contributed by atoms with E-state index in [4.69, 9.17) is 0 Å². The first-order valence-corrected chi connectivity index (χ1v) is 8.25. The number of benzene rings is 3. The fraction of sp³-hybridized carbons (Fsp3) is 0.136. The lowest BCUT2D eigenvalue weighted by molar-refractivity contribution is -0.126. The molecule has 2 heteroatoms. The summed E-state index contributed by atoms with van der Waals surface area (Å²) in [5.74, 6) is 0.0498. The van der Waals surface area contributed by atoms with Crippen LogP contribution in [0, 0.1) is 6.92 Å². The first kappa shape index (κ1) is 14.7. The van der Waals surface area contributed by atoms with E-state index < -0.39 is 0 Å². The lowest BCUT2D eigenvalue weighted by atomic mass is 9.77. The van der Waals surface area contributed by atoms with Crippen LogP contribution in [0.3, 0.4) is 0 Å². The van der Waals surface area contributed by atoms with Crippen LogP contribution in [0.15, 0.2) is 84.9 Å². The molecule has 2 atom stereocenters. The Morgan fingerprint density at radius 3 is 1.83 bits per heavy atom. The van der Waals surface area contributed by atoms with Crippen LogP contribution in [-0.2, 0) is 4.79 Å². The van der Waals surface area contributed by atoms with Gasteiger partial charge >= 0.3 is 0 Å². The maximum atomic E-state index is 13.0. The Morgan fingerprint density at radius 2 is 1.25 bits per heavy atom. The SMILES string of the molecule is Cc1ccc(N2C(=O)C(c3ccccc3)C2c2ccccc2)cc1. The second-order valence-corrected chi connectivity index (χ2v) is 6.29. The predicted molar refractivity (Wildman–Crippen MR) is 97.0 cm³/mol. The molecule has 1 aliphatic rings. The zero-order valence-corrected chi connectivity index (χ0v) is 13.6. The van der Waals surface area contributed by atoms with Crippen molar-refractivity contribution < 1.29 is 4.79 Å². The van der Waals surface area contributed by atoms with Crippen LogP contribution in [0.5, 0.6) is 0 Å². The average Bonchev–Trinajstić information content (AvgIpc) is 2.63. The molecule has 1 heterocycles. The largest absolute Gasteiger partial charge is 0.303 e. The number of β-lactam (4-membered cyclic amide) rings is 1. The quantitative estimate of drug-likeness (QED) is 0.632. The molecule has 4 rings (SSSR count). The van der Waals surface area contributed by atoms with E-state index in [0.717, 1.165) is 11.3 Å². The average molecular weight is 313 g/mol. The highest BCUT2D eigenvalue weighted by atomic mass is 16.2. The molecule has 0 aromatic heterocycles. The Hall–Kier alpha value is -2.87. The molecule has 1 saturated heterocycles. The number of rotatable bonds is 3. The number of carbonyl (C=O) groups excluding carboxylic acids is 1. The fourth-order valence-electron chi connectivity index (χ4n) is 3.46. The van der Waals surface area contributed by atoms with E-state index in [2.05, 4.69) is 31.2 Å². The summed E-state index contributed by atoms with van der Waals surface area (Å²) in [6, 6.07) is 28.6. The van der Waals surface area contributed by atoms with E-state index in [9.17, 15) is 4.79 Å². The molecule has 0 spiro atoms. The van der Waals surface area contributed by atoms with Gasteiger partial charge in [-0.15, -0.1) is 0 Å². The molecule has 2 nitrogen and oxygen atoms in total. The number of hydrogen-bond acceptors (Lipinski definition) is 1. The predicted octanol–water partition coefficient (Wildman–Crippen LogP) is 4.87. The summed E-state index contributed by atoms with van der Waals surface area (Å²) in [4.78, 5) is 14.9. The first-order chi connectivity index (χ1) is 11.8. The van der Waals surface area contributed by atoms with Gasteiger partial charge in [0.1, 0.15) is 0 Å². The summed E-state index contributed by atoms with van der Waals surface area (Å²) in [6.45, 7) is 2.06. The molecule has 0 saturated carbocycles. The van der Waals surface area contributed by atoms with Crippen molar-refractivity contribution in [1.82, 2.24) is 0 Å². The van der Waals surface area contributed by atoms with Crippen LogP contribution in [0.4, 0.5) is 5.69 Å². The van der Waals surface area contributed by atoms with Crippen molar-refractivity contribution in [3.05, 3.63) is 102 Å². The lowest BCUT2D eigenvalue weighted by Crippen LogP contribution is -2.53. The monoisotopic (exact) mass is 313 g/mol. The van der Waals surface area contributed by atoms with Crippen LogP contribution in [0.25, 0.3) is 0 Å². The highest BCUT2D eigenvalue weighted by molar-refractivity contribution is 6.06. The Bertz CT molecular complexity index is 840. The molecule has 0 aliphatic carbocycles. The molecule has 0 bridgehead atoms. The van der Waals surface area contributed by atoms with Crippen molar-refractivity contribution in [2.75, 3.05) is 4.90 Å². The lowest BCUT2D eigenvalue weighted by Gasteiger charge is -2.47. The van der Waals surface area contributed by atoms with E-state index in [-0.39, 0.29) is 17.9 Å². The van der Waals surface area contributed by atoms with Gasteiger partial charge in [0.2, 0.25) is 5.91 Å². The van der Waals surface area contributed by atoms with E-state index in [1.54, 1.807) is 0 Å². The minimum absolute atomic E-state index is 0.0452. The van der Waals surface area contributed by atoms with Gasteiger partial charge < -0.3 is 4.90 Å². The second kappa shape index (κ2) is 5.97. The maximum absolute atomic E-state index is 13.0. The highest BCUT2D eigenvalue weighted by Gasteiger charge is 2.49. The molecule has 1 aliphatic heterocycles. The van der Waals surface area contributed by atoms with Crippen molar-refractivity contribution in [3.63, 3.8) is 0 Å². The van der Waals surface area contributed by atoms with E-state index in [0.29, 0.717) is 0 Å². The van der Waals surface area contributed by atoms with Crippen molar-refractivity contribution in [3.8, 4) is 0 Å². The molecule has 1 fully saturated rings. The molecule has 0 N–H and O–H groups in total. The molecule has 118 valence electrons. The third-order valence-corrected chi connectivity index (χ3v) is 4.71. The fourth-order valence-corrected chi connectivity index (χ4v) is 3.46. The standard InChI is InChI=1S/C22H19NO/c1-16-12-14-19(15-13-16)23-21(18-10-6-3-7-11-18)20(22(23)24)17-8-4-2-5-9-17/h2-15,20-21H,1H3. The summed E-state index contributed by atoms with van der Waals surface area (Å²) in [6.07, 6.45) is 0. The van der Waals surface area contributed by atoms with E-state index in [1.807, 2.05) is 65.6 Å². The Kier molecular flexibility index (Phi) is 3.66. The number of aryl methyl sites for hydroxylation is 1. The van der Waals surface area contributed by atoms with Crippen LogP contribution in [0.1, 0.15) is 28.7 Å². The summed E-state index contributed by atoms with van der Waals surface area (Å²) in [5, 5.41) is 0. The second-order valence-electron chi connectivity index (χ2n) is 6.29. The smallest absolute Gasteiger partial charge is 0.237 e. The zero-order valence-electron chi connectivity index (χ0n) is 13.6. The molecule has 2 unspecified atom stereocenters. The van der Waals surface area contributed by atoms with Gasteiger partial charge in [-0.05, 0) is 30.2 Å². The van der Waals surface area contributed by atoms with Gasteiger partial charge in [0, 0.05) is 5.69 Å². The topological polar surface area (TPSA) is 20.3 Å². The highest BCUT2D eigenvalue weighted by Crippen LogP contribution is 2.48. The molecule has 3 aromatic rings. The number of nitrogens with zero attached hydrogens (tertiary/aromatic N) is 1.